The Balaban J connectivity index is 0.000000254. The number of imide groups is 1. The number of hydrogen-bond donors (Lipinski definition) is 2. The summed E-state index contributed by atoms with van der Waals surface area (Å²) in [6, 6.07) is 11.8. The van der Waals surface area contributed by atoms with E-state index in [1.807, 2.05) is 55.4 Å². The molecule has 3 aromatic rings. The first kappa shape index (κ1) is 40.5. The zero-order valence-corrected chi connectivity index (χ0v) is 34.7. The van der Waals surface area contributed by atoms with Gasteiger partial charge in [-0.2, -0.15) is 0 Å². The molecule has 2 unspecified atom stereocenters. The predicted molar refractivity (Wildman–Crippen MR) is 228 cm³/mol. The van der Waals surface area contributed by atoms with E-state index < -0.39 is 0 Å². The van der Waals surface area contributed by atoms with Crippen molar-refractivity contribution in [1.82, 2.24) is 25.1 Å². The molecule has 0 bridgehead atoms. The average Bonchev–Trinajstić information content (AvgIpc) is 3.59. The highest BCUT2D eigenvalue weighted by atomic mass is 16.5. The number of piperidine rings is 1. The third-order valence-electron chi connectivity index (χ3n) is 13.8. The number of phenols is 1. The van der Waals surface area contributed by atoms with Gasteiger partial charge in [0.1, 0.15) is 18.1 Å². The number of carbonyl (C=O) groups is 3. The number of fused-ring (bicyclic) bond motifs is 6. The van der Waals surface area contributed by atoms with Gasteiger partial charge < -0.3 is 24.5 Å². The minimum absolute atomic E-state index is 0.0195. The van der Waals surface area contributed by atoms with Crippen molar-refractivity contribution < 1.29 is 24.2 Å². The number of aromatic nitrogens is 2. The van der Waals surface area contributed by atoms with E-state index in [-0.39, 0.29) is 24.3 Å². The number of amides is 3. The third kappa shape index (κ3) is 8.74. The van der Waals surface area contributed by atoms with E-state index in [0.717, 1.165) is 80.9 Å². The van der Waals surface area contributed by atoms with E-state index >= 15 is 0 Å². The number of nitrogens with one attached hydrogen (secondary N) is 1. The normalized spacial score (nSPS) is 22.5. The van der Waals surface area contributed by atoms with E-state index in [2.05, 4.69) is 54.8 Å². The van der Waals surface area contributed by atoms with Crippen molar-refractivity contribution in [3.8, 4) is 11.5 Å². The van der Waals surface area contributed by atoms with Gasteiger partial charge in [0.15, 0.2) is 0 Å². The summed E-state index contributed by atoms with van der Waals surface area (Å²) < 4.78 is 6.41. The Labute approximate surface area is 348 Å². The second-order valence-electron chi connectivity index (χ2n) is 17.6. The van der Waals surface area contributed by atoms with Gasteiger partial charge in [0, 0.05) is 75.3 Å². The molecule has 1 aromatic heterocycles. The lowest BCUT2D eigenvalue weighted by molar-refractivity contribution is -0.125. The highest BCUT2D eigenvalue weighted by Gasteiger charge is 2.47. The first-order valence-corrected chi connectivity index (χ1v) is 21.6. The van der Waals surface area contributed by atoms with Crippen LogP contribution in [0.15, 0.2) is 73.1 Å². The van der Waals surface area contributed by atoms with Crippen molar-refractivity contribution in [3.63, 3.8) is 0 Å². The van der Waals surface area contributed by atoms with E-state index in [0.29, 0.717) is 54.7 Å². The van der Waals surface area contributed by atoms with Crippen LogP contribution in [0.3, 0.4) is 0 Å². The summed E-state index contributed by atoms with van der Waals surface area (Å²) in [6.07, 6.45) is 17.3. The van der Waals surface area contributed by atoms with Gasteiger partial charge in [-0.05, 0) is 124 Å². The predicted octanol–water partition coefficient (Wildman–Crippen LogP) is 6.08. The number of benzene rings is 2. The number of piperazine rings is 1. The maximum absolute atomic E-state index is 13.2. The van der Waals surface area contributed by atoms with E-state index in [4.69, 9.17) is 4.74 Å². The van der Waals surface area contributed by atoms with E-state index in [1.165, 1.54) is 48.9 Å². The van der Waals surface area contributed by atoms with Crippen molar-refractivity contribution in [1.29, 1.82) is 0 Å². The topological polar surface area (TPSA) is 131 Å². The summed E-state index contributed by atoms with van der Waals surface area (Å²) in [5, 5.41) is 11.6. The first-order valence-electron chi connectivity index (χ1n) is 21.6. The zero-order chi connectivity index (χ0) is 41.1. The van der Waals surface area contributed by atoms with Crippen LogP contribution < -0.4 is 19.9 Å². The molecule has 1 saturated carbocycles. The van der Waals surface area contributed by atoms with Crippen molar-refractivity contribution in [3.05, 3.63) is 95.3 Å². The third-order valence-corrected chi connectivity index (χ3v) is 13.8. The molecule has 3 atom stereocenters. The fourth-order valence-electron chi connectivity index (χ4n) is 10.6. The maximum atomic E-state index is 13.2. The van der Waals surface area contributed by atoms with Gasteiger partial charge in [0.05, 0.1) is 18.3 Å². The van der Waals surface area contributed by atoms with Gasteiger partial charge in [0.2, 0.25) is 18.3 Å². The second-order valence-corrected chi connectivity index (χ2v) is 17.6. The highest BCUT2D eigenvalue weighted by molar-refractivity contribution is 6.00. The molecule has 9 rings (SSSR count). The number of anilines is 2. The van der Waals surface area contributed by atoms with Gasteiger partial charge in [-0.1, -0.05) is 30.4 Å². The summed E-state index contributed by atoms with van der Waals surface area (Å²) in [4.78, 5) is 53.6. The van der Waals surface area contributed by atoms with Crippen LogP contribution in [0.5, 0.6) is 11.5 Å². The first-order chi connectivity index (χ1) is 28.6. The Bertz CT molecular complexity index is 2060. The number of ether oxygens (including phenoxy) is 1. The van der Waals surface area contributed by atoms with Gasteiger partial charge in [0.25, 0.3) is 5.91 Å². The molecule has 12 heteroatoms. The lowest BCUT2D eigenvalue weighted by Gasteiger charge is -2.54. The number of phenolic OH excluding ortho intramolecular Hbond substituents is 1. The Morgan fingerprint density at radius 2 is 1.90 bits per heavy atom. The smallest absolute Gasteiger partial charge is 0.254 e. The molecule has 2 saturated heterocycles. The minimum atomic E-state index is -0.326. The quantitative estimate of drug-likeness (QED) is 0.184. The summed E-state index contributed by atoms with van der Waals surface area (Å²) >= 11 is 0. The number of aromatic hydroxyl groups is 1. The van der Waals surface area contributed by atoms with Crippen molar-refractivity contribution >= 4 is 29.9 Å². The largest absolute Gasteiger partial charge is 0.508 e. The molecule has 6 aliphatic rings. The molecule has 312 valence electrons. The zero-order valence-electron chi connectivity index (χ0n) is 34.7. The SMILES string of the molecule is C=C(/C=C\C)[C@H]1CCc2cc(O)ccc2C1.CC(CCC(=O)NC=O)N1Cc2c(ccc3c2OCC2CN(CC4CC5(CCN(c6ncccn6)CC5)C4)CCN32)C1=O. The second kappa shape index (κ2) is 17.6. The molecule has 59 heavy (non-hydrogen) atoms. The van der Waals surface area contributed by atoms with Gasteiger partial charge in [-0.3, -0.25) is 24.6 Å². The van der Waals surface area contributed by atoms with Crippen LogP contribution in [0, 0.1) is 17.3 Å². The maximum Gasteiger partial charge on any atom is 0.254 e. The molecule has 2 N–H and O–H groups in total. The van der Waals surface area contributed by atoms with Gasteiger partial charge in [-0.25, -0.2) is 9.97 Å². The number of nitrogens with zero attached hydrogens (tertiary/aromatic N) is 6. The Kier molecular flexibility index (Phi) is 12.1. The van der Waals surface area contributed by atoms with Crippen molar-refractivity contribution in [2.45, 2.75) is 90.3 Å². The molecule has 5 heterocycles. The fourth-order valence-corrected chi connectivity index (χ4v) is 10.6. The number of rotatable bonds is 10. The van der Waals surface area contributed by atoms with E-state index in [1.54, 1.807) is 6.07 Å². The van der Waals surface area contributed by atoms with Crippen LogP contribution in [0.2, 0.25) is 0 Å². The number of allylic oxidation sites excluding steroid dienone is 3. The van der Waals surface area contributed by atoms with Crippen LogP contribution in [-0.2, 0) is 29.0 Å². The van der Waals surface area contributed by atoms with E-state index in [9.17, 15) is 19.5 Å². The number of aryl methyl sites for hydroxylation is 1. The molecular formula is C47H59N7O5. The fraction of sp³-hybridized carbons (Fsp3) is 0.511. The molecule has 3 amide bonds. The van der Waals surface area contributed by atoms with Crippen LogP contribution in [0.1, 0.15) is 85.8 Å². The molecule has 2 aliphatic carbocycles. The summed E-state index contributed by atoms with van der Waals surface area (Å²) in [5.41, 5.74) is 7.14. The summed E-state index contributed by atoms with van der Waals surface area (Å²) in [6.45, 7) is 15.5. The van der Waals surface area contributed by atoms with Crippen LogP contribution in [-0.4, -0.2) is 101 Å². The van der Waals surface area contributed by atoms with Gasteiger partial charge >= 0.3 is 0 Å². The molecule has 0 radical (unpaired) electrons. The molecular weight excluding hydrogens is 743 g/mol. The molecule has 4 aliphatic heterocycles. The number of carbonyl (C=O) groups excluding carboxylic acids is 3. The average molecular weight is 802 g/mol. The molecule has 12 nitrogen and oxygen atoms in total. The van der Waals surface area contributed by atoms with Crippen LogP contribution in [0.25, 0.3) is 0 Å². The molecule has 2 aromatic carbocycles. The lowest BCUT2D eigenvalue weighted by Crippen LogP contribution is -2.59. The number of hydrogen-bond acceptors (Lipinski definition) is 10. The van der Waals surface area contributed by atoms with Crippen LogP contribution >= 0.6 is 0 Å². The summed E-state index contributed by atoms with van der Waals surface area (Å²) in [7, 11) is 0. The van der Waals surface area contributed by atoms with Crippen LogP contribution in [0.4, 0.5) is 11.6 Å². The molecule has 3 fully saturated rings. The highest BCUT2D eigenvalue weighted by Crippen LogP contribution is 2.53. The Morgan fingerprint density at radius 3 is 2.66 bits per heavy atom. The lowest BCUT2D eigenvalue weighted by atomic mass is 9.57. The molecule has 1 spiro atoms. The summed E-state index contributed by atoms with van der Waals surface area (Å²) in [5.74, 6) is 3.08. The monoisotopic (exact) mass is 801 g/mol. The van der Waals surface area contributed by atoms with Gasteiger partial charge in [-0.15, -0.1) is 0 Å². The minimum Gasteiger partial charge on any atom is -0.508 e. The van der Waals surface area contributed by atoms with Crippen molar-refractivity contribution in [2.24, 2.45) is 17.3 Å². The standard InChI is InChI=1S/C32H41N7O4.C15H18O/c1-22(3-6-28(41)35-21-40)39-19-26-25(30(39)42)4-5-27-29(26)43-20-24-18-36(13-14-38(24)27)17-23-15-32(16-23)7-11-37(12-8-32)31-33-9-2-10-34-31;1-3-4-11(2)12-5-6-14-10-15(16)8-7-13(14)9-12/h2,4-5,9-10,21-24H,3,6-8,11-20H2,1H3,(H,35,40,41);3-4,7-8,10,12,16H,2,5-6,9H2,1H3/b;4-3-/t;12-/m.0/s1. The Hall–Kier alpha value is -5.23. The van der Waals surface area contributed by atoms with Crippen molar-refractivity contribution in [2.75, 3.05) is 55.7 Å². The Morgan fingerprint density at radius 1 is 1.10 bits per heavy atom.